The molecule has 2 aromatic heterocycles. The van der Waals surface area contributed by atoms with Crippen LogP contribution in [0.2, 0.25) is 5.02 Å². The first-order valence-electron chi connectivity index (χ1n) is 6.03. The monoisotopic (exact) mass is 431 g/mol. The van der Waals surface area contributed by atoms with Crippen LogP contribution in [0.25, 0.3) is 10.2 Å². The fraction of sp³-hybridized carbons (Fsp3) is 0.0769. The summed E-state index contributed by atoms with van der Waals surface area (Å²) in [7, 11) is 0. The second kappa shape index (κ2) is 5.91. The van der Waals surface area contributed by atoms with Crippen LogP contribution < -0.4 is 16.6 Å². The Morgan fingerprint density at radius 1 is 1.29 bits per heavy atom. The molecular formula is C13H11ClIN5S. The Labute approximate surface area is 144 Å². The third kappa shape index (κ3) is 3.05. The molecule has 8 heteroatoms. The molecule has 0 saturated carbocycles. The molecule has 0 radical (unpaired) electrons. The number of nitrogens with one attached hydrogen (secondary N) is 2. The molecule has 108 valence electrons. The van der Waals surface area contributed by atoms with Crippen LogP contribution >= 0.6 is 45.5 Å². The minimum atomic E-state index is 0.385. The highest BCUT2D eigenvalue weighted by molar-refractivity contribution is 14.1. The van der Waals surface area contributed by atoms with Gasteiger partial charge in [0.1, 0.15) is 10.6 Å². The Balaban J connectivity index is 2.10. The number of fused-ring (bicyclic) bond motifs is 1. The Hall–Kier alpha value is -1.16. The van der Waals surface area contributed by atoms with E-state index < -0.39 is 0 Å². The van der Waals surface area contributed by atoms with Crippen LogP contribution in [0.4, 0.5) is 17.5 Å². The van der Waals surface area contributed by atoms with Crippen molar-refractivity contribution in [3.8, 4) is 0 Å². The molecule has 0 unspecified atom stereocenters. The molecule has 0 saturated heterocycles. The van der Waals surface area contributed by atoms with E-state index in [2.05, 4.69) is 49.4 Å². The molecule has 4 N–H and O–H groups in total. The third-order valence-corrected chi connectivity index (χ3v) is 4.90. The summed E-state index contributed by atoms with van der Waals surface area (Å²) >= 11 is 9.82. The van der Waals surface area contributed by atoms with Crippen molar-refractivity contribution >= 4 is 73.2 Å². The standard InChI is InChI=1S/C13H11ClIN5S/c1-6-4-8-11(18-13(20-16)19-12(8)21-6)17-10-3-2-7(14)5-9(10)15/h2-5H,16H2,1H3,(H2,17,18,19,20). The van der Waals surface area contributed by atoms with E-state index in [1.54, 1.807) is 11.3 Å². The van der Waals surface area contributed by atoms with Crippen molar-refractivity contribution in [2.24, 2.45) is 5.84 Å². The van der Waals surface area contributed by atoms with Crippen molar-refractivity contribution in [2.45, 2.75) is 6.92 Å². The summed E-state index contributed by atoms with van der Waals surface area (Å²) in [5, 5.41) is 5.00. The molecule has 0 bridgehead atoms. The molecule has 0 amide bonds. The molecule has 0 fully saturated rings. The normalized spacial score (nSPS) is 10.9. The summed E-state index contributed by atoms with van der Waals surface area (Å²) < 4.78 is 1.01. The van der Waals surface area contributed by atoms with Crippen LogP contribution in [-0.4, -0.2) is 9.97 Å². The number of thiophene rings is 1. The second-order valence-electron chi connectivity index (χ2n) is 4.37. The Morgan fingerprint density at radius 3 is 2.81 bits per heavy atom. The number of nitrogens with zero attached hydrogens (tertiary/aromatic N) is 2. The number of hydrogen-bond acceptors (Lipinski definition) is 6. The smallest absolute Gasteiger partial charge is 0.240 e. The van der Waals surface area contributed by atoms with Crippen LogP contribution in [0.1, 0.15) is 4.88 Å². The van der Waals surface area contributed by atoms with Crippen molar-refractivity contribution in [1.29, 1.82) is 0 Å². The predicted octanol–water partition coefficient (Wildman–Crippen LogP) is 4.29. The van der Waals surface area contributed by atoms with E-state index in [0.29, 0.717) is 11.0 Å². The number of anilines is 3. The number of aryl methyl sites for hydroxylation is 1. The fourth-order valence-electron chi connectivity index (χ4n) is 1.92. The molecule has 0 aliphatic rings. The molecule has 0 spiro atoms. The van der Waals surface area contributed by atoms with Gasteiger partial charge in [0.05, 0.1) is 11.1 Å². The lowest BCUT2D eigenvalue weighted by Crippen LogP contribution is -2.11. The first-order chi connectivity index (χ1) is 10.1. The number of halogens is 2. The fourth-order valence-corrected chi connectivity index (χ4v) is 3.81. The van der Waals surface area contributed by atoms with Crippen molar-refractivity contribution in [3.63, 3.8) is 0 Å². The van der Waals surface area contributed by atoms with Gasteiger partial charge in [0.25, 0.3) is 0 Å². The van der Waals surface area contributed by atoms with Gasteiger partial charge in [0, 0.05) is 13.5 Å². The number of hydrazine groups is 1. The SMILES string of the molecule is Cc1cc2c(Nc3ccc(Cl)cc3I)nc(NN)nc2s1. The first kappa shape index (κ1) is 14.8. The van der Waals surface area contributed by atoms with Gasteiger partial charge < -0.3 is 5.32 Å². The molecule has 3 aromatic rings. The molecular weight excluding hydrogens is 421 g/mol. The summed E-state index contributed by atoms with van der Waals surface area (Å²) in [6.45, 7) is 2.04. The Kier molecular flexibility index (Phi) is 4.16. The summed E-state index contributed by atoms with van der Waals surface area (Å²) in [5.41, 5.74) is 3.44. The quantitative estimate of drug-likeness (QED) is 0.328. The van der Waals surface area contributed by atoms with Gasteiger partial charge >= 0.3 is 0 Å². The van der Waals surface area contributed by atoms with E-state index in [9.17, 15) is 0 Å². The highest BCUT2D eigenvalue weighted by atomic mass is 127. The van der Waals surface area contributed by atoms with E-state index in [0.717, 1.165) is 25.3 Å². The highest BCUT2D eigenvalue weighted by Crippen LogP contribution is 2.32. The predicted molar refractivity (Wildman–Crippen MR) is 97.4 cm³/mol. The van der Waals surface area contributed by atoms with Crippen molar-refractivity contribution in [1.82, 2.24) is 9.97 Å². The summed E-state index contributed by atoms with van der Waals surface area (Å²) in [5.74, 6) is 6.55. The number of rotatable bonds is 3. The number of hydrogen-bond donors (Lipinski definition) is 3. The molecule has 1 aromatic carbocycles. The minimum absolute atomic E-state index is 0.385. The van der Waals surface area contributed by atoms with E-state index >= 15 is 0 Å². The zero-order chi connectivity index (χ0) is 15.0. The van der Waals surface area contributed by atoms with Crippen LogP contribution in [0.15, 0.2) is 24.3 Å². The van der Waals surface area contributed by atoms with Gasteiger partial charge in [-0.2, -0.15) is 4.98 Å². The number of benzene rings is 1. The van der Waals surface area contributed by atoms with Gasteiger partial charge in [-0.3, -0.25) is 5.43 Å². The van der Waals surface area contributed by atoms with E-state index in [4.69, 9.17) is 17.4 Å². The topological polar surface area (TPSA) is 75.9 Å². The van der Waals surface area contributed by atoms with E-state index in [1.807, 2.05) is 25.1 Å². The summed E-state index contributed by atoms with van der Waals surface area (Å²) in [6.07, 6.45) is 0. The molecule has 0 atom stereocenters. The molecule has 0 aliphatic carbocycles. The zero-order valence-corrected chi connectivity index (χ0v) is 14.7. The van der Waals surface area contributed by atoms with Gasteiger partial charge in [-0.25, -0.2) is 10.8 Å². The van der Waals surface area contributed by atoms with Crippen LogP contribution in [0.3, 0.4) is 0 Å². The zero-order valence-electron chi connectivity index (χ0n) is 10.9. The van der Waals surface area contributed by atoms with Gasteiger partial charge in [0.2, 0.25) is 5.95 Å². The maximum atomic E-state index is 5.98. The second-order valence-corrected chi connectivity index (χ2v) is 7.20. The lowest BCUT2D eigenvalue weighted by molar-refractivity contribution is 1.16. The van der Waals surface area contributed by atoms with Crippen LogP contribution in [-0.2, 0) is 0 Å². The van der Waals surface area contributed by atoms with Crippen molar-refractivity contribution in [3.05, 3.63) is 37.7 Å². The molecule has 5 nitrogen and oxygen atoms in total. The van der Waals surface area contributed by atoms with Crippen molar-refractivity contribution < 1.29 is 0 Å². The van der Waals surface area contributed by atoms with E-state index in [1.165, 1.54) is 4.88 Å². The van der Waals surface area contributed by atoms with Crippen LogP contribution in [0.5, 0.6) is 0 Å². The number of aromatic nitrogens is 2. The van der Waals surface area contributed by atoms with Gasteiger partial charge in [0.15, 0.2) is 0 Å². The maximum absolute atomic E-state index is 5.98. The maximum Gasteiger partial charge on any atom is 0.240 e. The Morgan fingerprint density at radius 2 is 2.10 bits per heavy atom. The summed E-state index contributed by atoms with van der Waals surface area (Å²) in [4.78, 5) is 10.8. The van der Waals surface area contributed by atoms with Gasteiger partial charge in [-0.1, -0.05) is 11.6 Å². The van der Waals surface area contributed by atoms with Crippen LogP contribution in [0, 0.1) is 10.5 Å². The van der Waals surface area contributed by atoms with E-state index in [-0.39, 0.29) is 0 Å². The largest absolute Gasteiger partial charge is 0.339 e. The van der Waals surface area contributed by atoms with Crippen molar-refractivity contribution in [2.75, 3.05) is 10.7 Å². The molecule has 0 aliphatic heterocycles. The lowest BCUT2D eigenvalue weighted by Gasteiger charge is -2.10. The molecule has 3 rings (SSSR count). The lowest BCUT2D eigenvalue weighted by atomic mass is 10.3. The third-order valence-electron chi connectivity index (χ3n) is 2.83. The average Bonchev–Trinajstić information content (AvgIpc) is 2.82. The first-order valence-corrected chi connectivity index (χ1v) is 8.31. The molecule has 21 heavy (non-hydrogen) atoms. The summed E-state index contributed by atoms with van der Waals surface area (Å²) in [6, 6.07) is 7.72. The average molecular weight is 432 g/mol. The minimum Gasteiger partial charge on any atom is -0.339 e. The molecule has 2 heterocycles. The van der Waals surface area contributed by atoms with Gasteiger partial charge in [-0.05, 0) is 53.8 Å². The Bertz CT molecular complexity index is 820. The van der Waals surface area contributed by atoms with Gasteiger partial charge in [-0.15, -0.1) is 11.3 Å². The highest BCUT2D eigenvalue weighted by Gasteiger charge is 2.11. The number of nitrogens with two attached hydrogens (primary N) is 1. The number of nitrogen functional groups attached to an aromatic ring is 1.